The number of anilines is 1. The highest BCUT2D eigenvalue weighted by Crippen LogP contribution is 2.26. The van der Waals surface area contributed by atoms with Gasteiger partial charge in [-0.2, -0.15) is 0 Å². The summed E-state index contributed by atoms with van der Waals surface area (Å²) in [5, 5.41) is 4.38. The summed E-state index contributed by atoms with van der Waals surface area (Å²) in [6.07, 6.45) is 0. The van der Waals surface area contributed by atoms with Gasteiger partial charge in [-0.25, -0.2) is 0 Å². The lowest BCUT2D eigenvalue weighted by molar-refractivity contribution is 0.191. The fourth-order valence-corrected chi connectivity index (χ4v) is 2.90. The molecule has 1 aromatic rings. The van der Waals surface area contributed by atoms with Crippen molar-refractivity contribution in [2.45, 2.75) is 32.9 Å². The molecule has 1 saturated heterocycles. The van der Waals surface area contributed by atoms with Crippen LogP contribution in [0, 0.1) is 0 Å². The SMILES string of the molecule is CC(C)NCC(C)N1CCN(c2ccccc2Cl)CC1. The van der Waals surface area contributed by atoms with Crippen molar-refractivity contribution in [3.05, 3.63) is 29.3 Å². The fourth-order valence-electron chi connectivity index (χ4n) is 2.65. The number of rotatable bonds is 5. The van der Waals surface area contributed by atoms with Gasteiger partial charge in [-0.05, 0) is 19.1 Å². The van der Waals surface area contributed by atoms with E-state index in [9.17, 15) is 0 Å². The van der Waals surface area contributed by atoms with Gasteiger partial charge < -0.3 is 10.2 Å². The molecule has 1 aliphatic rings. The summed E-state index contributed by atoms with van der Waals surface area (Å²) < 4.78 is 0. The molecule has 0 radical (unpaired) electrons. The average Bonchev–Trinajstić information content (AvgIpc) is 2.45. The number of hydrogen-bond donors (Lipinski definition) is 1. The van der Waals surface area contributed by atoms with Crippen molar-refractivity contribution < 1.29 is 0 Å². The zero-order valence-electron chi connectivity index (χ0n) is 12.8. The van der Waals surface area contributed by atoms with Crippen LogP contribution >= 0.6 is 11.6 Å². The van der Waals surface area contributed by atoms with E-state index in [1.54, 1.807) is 0 Å². The van der Waals surface area contributed by atoms with Crippen molar-refractivity contribution in [1.29, 1.82) is 0 Å². The molecule has 0 spiro atoms. The van der Waals surface area contributed by atoms with E-state index < -0.39 is 0 Å². The molecular weight excluding hydrogens is 270 g/mol. The molecule has 0 saturated carbocycles. The molecule has 2 rings (SSSR count). The first-order valence-corrected chi connectivity index (χ1v) is 7.92. The molecule has 1 aromatic carbocycles. The highest BCUT2D eigenvalue weighted by Gasteiger charge is 2.22. The number of benzene rings is 1. The van der Waals surface area contributed by atoms with Gasteiger partial charge in [0.05, 0.1) is 10.7 Å². The molecule has 0 bridgehead atoms. The van der Waals surface area contributed by atoms with Gasteiger partial charge in [-0.3, -0.25) is 4.90 Å². The third-order valence-corrected chi connectivity index (χ3v) is 4.27. The Balaban J connectivity index is 1.85. The highest BCUT2D eigenvalue weighted by molar-refractivity contribution is 6.33. The van der Waals surface area contributed by atoms with E-state index in [1.165, 1.54) is 5.69 Å². The minimum absolute atomic E-state index is 0.557. The Bertz CT molecular complexity index is 414. The molecule has 1 fully saturated rings. The molecule has 1 atom stereocenters. The third-order valence-electron chi connectivity index (χ3n) is 3.95. The molecule has 1 heterocycles. The molecule has 0 aromatic heterocycles. The van der Waals surface area contributed by atoms with Crippen LogP contribution in [0.15, 0.2) is 24.3 Å². The molecule has 20 heavy (non-hydrogen) atoms. The number of nitrogens with one attached hydrogen (secondary N) is 1. The van der Waals surface area contributed by atoms with E-state index in [0.717, 1.165) is 37.7 Å². The van der Waals surface area contributed by atoms with Crippen molar-refractivity contribution in [3.8, 4) is 0 Å². The van der Waals surface area contributed by atoms with Crippen LogP contribution in [0.2, 0.25) is 5.02 Å². The monoisotopic (exact) mass is 295 g/mol. The van der Waals surface area contributed by atoms with Crippen LogP contribution in [-0.2, 0) is 0 Å². The van der Waals surface area contributed by atoms with Crippen LogP contribution in [0.5, 0.6) is 0 Å². The van der Waals surface area contributed by atoms with E-state index >= 15 is 0 Å². The lowest BCUT2D eigenvalue weighted by Gasteiger charge is -2.39. The number of halogens is 1. The van der Waals surface area contributed by atoms with Gasteiger partial charge in [0.2, 0.25) is 0 Å². The van der Waals surface area contributed by atoms with Crippen molar-refractivity contribution >= 4 is 17.3 Å². The Hall–Kier alpha value is -0.770. The topological polar surface area (TPSA) is 18.5 Å². The smallest absolute Gasteiger partial charge is 0.0639 e. The number of nitrogens with zero attached hydrogens (tertiary/aromatic N) is 2. The Morgan fingerprint density at radius 2 is 1.75 bits per heavy atom. The predicted octanol–water partition coefficient (Wildman–Crippen LogP) is 2.85. The van der Waals surface area contributed by atoms with E-state index in [1.807, 2.05) is 12.1 Å². The summed E-state index contributed by atoms with van der Waals surface area (Å²) in [4.78, 5) is 4.95. The van der Waals surface area contributed by atoms with Gasteiger partial charge in [0, 0.05) is 44.8 Å². The van der Waals surface area contributed by atoms with Crippen molar-refractivity contribution in [2.75, 3.05) is 37.6 Å². The van der Waals surface area contributed by atoms with Gasteiger partial charge in [-0.15, -0.1) is 0 Å². The molecule has 112 valence electrons. The van der Waals surface area contributed by atoms with Crippen molar-refractivity contribution in [3.63, 3.8) is 0 Å². The van der Waals surface area contributed by atoms with Gasteiger partial charge in [0.25, 0.3) is 0 Å². The number of hydrogen-bond acceptors (Lipinski definition) is 3. The normalized spacial score (nSPS) is 18.6. The summed E-state index contributed by atoms with van der Waals surface area (Å²) in [5.41, 5.74) is 1.17. The zero-order chi connectivity index (χ0) is 14.5. The zero-order valence-corrected chi connectivity index (χ0v) is 13.5. The average molecular weight is 296 g/mol. The lowest BCUT2D eigenvalue weighted by atomic mass is 10.2. The summed E-state index contributed by atoms with van der Waals surface area (Å²) in [6.45, 7) is 12.1. The minimum Gasteiger partial charge on any atom is -0.368 e. The summed E-state index contributed by atoms with van der Waals surface area (Å²) >= 11 is 6.28. The standard InChI is InChI=1S/C16H26ClN3/c1-13(2)18-12-14(3)19-8-10-20(11-9-19)16-7-5-4-6-15(16)17/h4-7,13-14,18H,8-12H2,1-3H3. The molecule has 0 amide bonds. The Morgan fingerprint density at radius 1 is 1.10 bits per heavy atom. The maximum Gasteiger partial charge on any atom is 0.0639 e. The van der Waals surface area contributed by atoms with Gasteiger partial charge in [0.1, 0.15) is 0 Å². The quantitative estimate of drug-likeness (QED) is 0.901. The minimum atomic E-state index is 0.557. The summed E-state index contributed by atoms with van der Waals surface area (Å²) in [7, 11) is 0. The molecule has 1 N–H and O–H groups in total. The largest absolute Gasteiger partial charge is 0.368 e. The maximum atomic E-state index is 6.28. The van der Waals surface area contributed by atoms with E-state index in [0.29, 0.717) is 12.1 Å². The van der Waals surface area contributed by atoms with Gasteiger partial charge in [-0.1, -0.05) is 37.6 Å². The lowest BCUT2D eigenvalue weighted by Crippen LogP contribution is -2.52. The van der Waals surface area contributed by atoms with Crippen LogP contribution in [0.4, 0.5) is 5.69 Å². The van der Waals surface area contributed by atoms with Crippen LogP contribution in [0.3, 0.4) is 0 Å². The molecule has 1 unspecified atom stereocenters. The second-order valence-corrected chi connectivity index (χ2v) is 6.29. The van der Waals surface area contributed by atoms with Crippen LogP contribution < -0.4 is 10.2 Å². The second kappa shape index (κ2) is 7.30. The van der Waals surface area contributed by atoms with Crippen LogP contribution in [0.1, 0.15) is 20.8 Å². The van der Waals surface area contributed by atoms with Gasteiger partial charge in [0.15, 0.2) is 0 Å². The highest BCUT2D eigenvalue weighted by atomic mass is 35.5. The predicted molar refractivity (Wildman–Crippen MR) is 87.8 cm³/mol. The summed E-state index contributed by atoms with van der Waals surface area (Å²) in [6, 6.07) is 9.28. The van der Waals surface area contributed by atoms with E-state index in [-0.39, 0.29) is 0 Å². The number of piperazine rings is 1. The van der Waals surface area contributed by atoms with E-state index in [2.05, 4.69) is 48.0 Å². The molecule has 3 nitrogen and oxygen atoms in total. The van der Waals surface area contributed by atoms with Crippen LogP contribution in [0.25, 0.3) is 0 Å². The third kappa shape index (κ3) is 4.11. The number of para-hydroxylation sites is 1. The molecule has 1 aliphatic heterocycles. The van der Waals surface area contributed by atoms with Crippen molar-refractivity contribution in [2.24, 2.45) is 0 Å². The fraction of sp³-hybridized carbons (Fsp3) is 0.625. The van der Waals surface area contributed by atoms with Gasteiger partial charge >= 0.3 is 0 Å². The maximum absolute atomic E-state index is 6.28. The first-order chi connectivity index (χ1) is 9.58. The Kier molecular flexibility index (Phi) is 5.70. The van der Waals surface area contributed by atoms with E-state index in [4.69, 9.17) is 11.6 Å². The first kappa shape index (κ1) is 15.6. The Labute approximate surface area is 127 Å². The Morgan fingerprint density at radius 3 is 2.35 bits per heavy atom. The second-order valence-electron chi connectivity index (χ2n) is 5.89. The summed E-state index contributed by atoms with van der Waals surface area (Å²) in [5.74, 6) is 0. The molecule has 0 aliphatic carbocycles. The molecular formula is C16H26ClN3. The molecule has 4 heteroatoms. The van der Waals surface area contributed by atoms with Crippen molar-refractivity contribution in [1.82, 2.24) is 10.2 Å². The van der Waals surface area contributed by atoms with Crippen LogP contribution in [-0.4, -0.2) is 49.7 Å². The first-order valence-electron chi connectivity index (χ1n) is 7.55.